The molecule has 0 fully saturated rings. The first kappa shape index (κ1) is 15.5. The summed E-state index contributed by atoms with van der Waals surface area (Å²) in [6.45, 7) is 3.67. The molecule has 2 rings (SSSR count). The van der Waals surface area contributed by atoms with Gasteiger partial charge >= 0.3 is 0 Å². The normalized spacial score (nSPS) is 10.8. The van der Waals surface area contributed by atoms with Gasteiger partial charge in [0.05, 0.1) is 0 Å². The molecule has 0 radical (unpaired) electrons. The van der Waals surface area contributed by atoms with Crippen LogP contribution in [0.4, 0.5) is 8.78 Å². The molecule has 5 heteroatoms. The van der Waals surface area contributed by atoms with Gasteiger partial charge in [-0.2, -0.15) is 0 Å². The van der Waals surface area contributed by atoms with Crippen LogP contribution in [0.25, 0.3) is 0 Å². The van der Waals surface area contributed by atoms with Crippen molar-refractivity contribution in [1.29, 1.82) is 0 Å². The van der Waals surface area contributed by atoms with Crippen molar-refractivity contribution in [3.05, 3.63) is 58.1 Å². The van der Waals surface area contributed by atoms with Crippen molar-refractivity contribution in [3.8, 4) is 0 Å². The summed E-state index contributed by atoms with van der Waals surface area (Å²) >= 11 is 4.86. The fraction of sp³-hybridized carbons (Fsp3) is 0.200. The maximum absolute atomic E-state index is 13.3. The molecule has 0 bridgehead atoms. The van der Waals surface area contributed by atoms with Crippen LogP contribution in [0.2, 0.25) is 0 Å². The van der Waals surface area contributed by atoms with Crippen molar-refractivity contribution < 1.29 is 8.78 Å². The third-order valence-corrected chi connectivity index (χ3v) is 4.30. The Kier molecular flexibility index (Phi) is 5.57. The highest BCUT2D eigenvalue weighted by molar-refractivity contribution is 9.10. The van der Waals surface area contributed by atoms with Gasteiger partial charge in [0.15, 0.2) is 11.6 Å². The van der Waals surface area contributed by atoms with E-state index in [9.17, 15) is 8.78 Å². The van der Waals surface area contributed by atoms with Crippen LogP contribution < -0.4 is 5.32 Å². The Morgan fingerprint density at radius 2 is 1.90 bits per heavy atom. The average molecular weight is 358 g/mol. The van der Waals surface area contributed by atoms with E-state index in [4.69, 9.17) is 0 Å². The fourth-order valence-electron chi connectivity index (χ4n) is 1.70. The second kappa shape index (κ2) is 7.20. The summed E-state index contributed by atoms with van der Waals surface area (Å²) in [5.74, 6) is -1.64. The molecule has 0 spiro atoms. The van der Waals surface area contributed by atoms with E-state index in [-0.39, 0.29) is 0 Å². The van der Waals surface area contributed by atoms with Crippen LogP contribution in [0, 0.1) is 11.6 Å². The van der Waals surface area contributed by atoms with Gasteiger partial charge < -0.3 is 5.32 Å². The van der Waals surface area contributed by atoms with Crippen LogP contribution in [0.5, 0.6) is 0 Å². The Hall–Kier alpha value is -0.910. The van der Waals surface area contributed by atoms with E-state index in [0.29, 0.717) is 4.90 Å². The minimum absolute atomic E-state index is 0.680. The second-order valence-electron chi connectivity index (χ2n) is 4.21. The zero-order chi connectivity index (χ0) is 14.5. The maximum Gasteiger partial charge on any atom is 0.159 e. The summed E-state index contributed by atoms with van der Waals surface area (Å²) in [4.78, 5) is 1.70. The highest BCUT2D eigenvalue weighted by Gasteiger charge is 2.08. The highest BCUT2D eigenvalue weighted by atomic mass is 79.9. The van der Waals surface area contributed by atoms with Gasteiger partial charge in [-0.3, -0.25) is 0 Å². The van der Waals surface area contributed by atoms with Crippen molar-refractivity contribution in [1.82, 2.24) is 5.32 Å². The van der Waals surface area contributed by atoms with Gasteiger partial charge in [0.1, 0.15) is 0 Å². The lowest BCUT2D eigenvalue weighted by Gasteiger charge is -2.10. The lowest BCUT2D eigenvalue weighted by atomic mass is 10.2. The van der Waals surface area contributed by atoms with Crippen molar-refractivity contribution in [2.45, 2.75) is 23.3 Å². The minimum Gasteiger partial charge on any atom is -0.313 e. The van der Waals surface area contributed by atoms with Crippen molar-refractivity contribution in [2.75, 3.05) is 6.54 Å². The summed E-state index contributed by atoms with van der Waals surface area (Å²) in [5, 5.41) is 3.27. The maximum atomic E-state index is 13.3. The molecular weight excluding hydrogens is 344 g/mol. The predicted molar refractivity (Wildman–Crippen MR) is 82.0 cm³/mol. The lowest BCUT2D eigenvalue weighted by Crippen LogP contribution is -2.12. The minimum atomic E-state index is -0.823. The molecule has 0 heterocycles. The van der Waals surface area contributed by atoms with Crippen LogP contribution in [0.1, 0.15) is 12.5 Å². The molecular formula is C15H14BrF2NS. The quantitative estimate of drug-likeness (QED) is 0.808. The predicted octanol–water partition coefficient (Wildman–Crippen LogP) is 4.99. The summed E-state index contributed by atoms with van der Waals surface area (Å²) in [6, 6.07) is 9.94. The largest absolute Gasteiger partial charge is 0.313 e. The summed E-state index contributed by atoms with van der Waals surface area (Å²) in [5.41, 5.74) is 1.13. The molecule has 0 aliphatic rings. The molecule has 0 aromatic heterocycles. The van der Waals surface area contributed by atoms with Crippen molar-refractivity contribution >= 4 is 27.7 Å². The molecule has 0 aliphatic heterocycles. The molecule has 1 nitrogen and oxygen atoms in total. The highest BCUT2D eigenvalue weighted by Crippen LogP contribution is 2.33. The van der Waals surface area contributed by atoms with E-state index in [1.165, 1.54) is 17.8 Å². The zero-order valence-electron chi connectivity index (χ0n) is 10.9. The van der Waals surface area contributed by atoms with E-state index in [1.54, 1.807) is 6.07 Å². The standard InChI is InChI=1S/C15H14BrF2NS/c1-2-19-9-10-3-4-11(16)7-15(10)20-12-5-6-13(17)14(18)8-12/h3-8,19H,2,9H2,1H3. The van der Waals surface area contributed by atoms with Gasteiger partial charge in [0.25, 0.3) is 0 Å². The Morgan fingerprint density at radius 1 is 1.10 bits per heavy atom. The second-order valence-corrected chi connectivity index (χ2v) is 6.24. The van der Waals surface area contributed by atoms with Crippen LogP contribution in [0.15, 0.2) is 50.7 Å². The van der Waals surface area contributed by atoms with Crippen LogP contribution >= 0.6 is 27.7 Å². The Balaban J connectivity index is 2.26. The average Bonchev–Trinajstić information content (AvgIpc) is 2.42. The van der Waals surface area contributed by atoms with Crippen LogP contribution in [0.3, 0.4) is 0 Å². The van der Waals surface area contributed by atoms with Crippen LogP contribution in [-0.4, -0.2) is 6.54 Å². The number of nitrogens with one attached hydrogen (secondary N) is 1. The number of rotatable bonds is 5. The van der Waals surface area contributed by atoms with Crippen LogP contribution in [-0.2, 0) is 6.54 Å². The first-order valence-corrected chi connectivity index (χ1v) is 7.83. The smallest absolute Gasteiger partial charge is 0.159 e. The summed E-state index contributed by atoms with van der Waals surface area (Å²) in [7, 11) is 0. The van der Waals surface area contributed by atoms with E-state index < -0.39 is 11.6 Å². The van der Waals surface area contributed by atoms with Crippen molar-refractivity contribution in [3.63, 3.8) is 0 Å². The Morgan fingerprint density at radius 3 is 2.60 bits per heavy atom. The molecule has 20 heavy (non-hydrogen) atoms. The number of benzene rings is 2. The van der Waals surface area contributed by atoms with Gasteiger partial charge in [-0.15, -0.1) is 0 Å². The third kappa shape index (κ3) is 4.04. The molecule has 0 saturated carbocycles. The molecule has 0 atom stereocenters. The first-order valence-electron chi connectivity index (χ1n) is 6.22. The Labute approximate surface area is 129 Å². The Bertz CT molecular complexity index is 604. The molecule has 106 valence electrons. The molecule has 2 aromatic carbocycles. The topological polar surface area (TPSA) is 12.0 Å². The van der Waals surface area contributed by atoms with E-state index >= 15 is 0 Å². The van der Waals surface area contributed by atoms with E-state index in [2.05, 4.69) is 21.2 Å². The molecule has 0 saturated heterocycles. The third-order valence-electron chi connectivity index (χ3n) is 2.71. The number of hydrogen-bond acceptors (Lipinski definition) is 2. The van der Waals surface area contributed by atoms with Gasteiger partial charge in [0.2, 0.25) is 0 Å². The molecule has 0 amide bonds. The van der Waals surface area contributed by atoms with Gasteiger partial charge in [-0.1, -0.05) is 40.7 Å². The summed E-state index contributed by atoms with van der Waals surface area (Å²) in [6.07, 6.45) is 0. The first-order chi connectivity index (χ1) is 9.60. The van der Waals surface area contributed by atoms with Gasteiger partial charge in [-0.25, -0.2) is 8.78 Å². The van der Waals surface area contributed by atoms with E-state index in [0.717, 1.165) is 34.1 Å². The fourth-order valence-corrected chi connectivity index (χ4v) is 3.22. The van der Waals surface area contributed by atoms with E-state index in [1.807, 2.05) is 25.1 Å². The summed E-state index contributed by atoms with van der Waals surface area (Å²) < 4.78 is 27.2. The van der Waals surface area contributed by atoms with Gasteiger partial charge in [-0.05, 0) is 42.4 Å². The number of hydrogen-bond donors (Lipinski definition) is 1. The molecule has 0 aliphatic carbocycles. The monoisotopic (exact) mass is 357 g/mol. The van der Waals surface area contributed by atoms with Gasteiger partial charge in [0, 0.05) is 20.8 Å². The lowest BCUT2D eigenvalue weighted by molar-refractivity contribution is 0.506. The zero-order valence-corrected chi connectivity index (χ0v) is 13.3. The van der Waals surface area contributed by atoms with Crippen molar-refractivity contribution in [2.24, 2.45) is 0 Å². The molecule has 2 aromatic rings. The molecule has 0 unspecified atom stereocenters. The molecule has 1 N–H and O–H groups in total. The SMILES string of the molecule is CCNCc1ccc(Br)cc1Sc1ccc(F)c(F)c1. The number of halogens is 3.